The SMILES string of the molecule is O=C1N[C@]2(CO1)[C@H]([C@@H](COCc1ccccc1)N(Cc1ccccc1)Cc1ccccc1)[C@@H]1CC(=O)[C@H]2C1. The van der Waals surface area contributed by atoms with Gasteiger partial charge in [-0.15, -0.1) is 0 Å². The molecule has 0 unspecified atom stereocenters. The smallest absolute Gasteiger partial charge is 0.407 e. The molecule has 38 heavy (non-hydrogen) atoms. The second-order valence-corrected chi connectivity index (χ2v) is 10.9. The highest BCUT2D eigenvalue weighted by atomic mass is 16.6. The molecule has 196 valence electrons. The molecule has 3 aromatic rings. The molecule has 3 aliphatic rings. The van der Waals surface area contributed by atoms with Gasteiger partial charge in [-0.1, -0.05) is 91.0 Å². The second-order valence-electron chi connectivity index (χ2n) is 10.9. The van der Waals surface area contributed by atoms with E-state index in [9.17, 15) is 9.59 Å². The Balaban J connectivity index is 1.36. The van der Waals surface area contributed by atoms with E-state index < -0.39 is 11.6 Å². The van der Waals surface area contributed by atoms with Gasteiger partial charge in [-0.3, -0.25) is 9.69 Å². The van der Waals surface area contributed by atoms with Crippen LogP contribution in [0.4, 0.5) is 4.79 Å². The maximum absolute atomic E-state index is 13.0. The Labute approximate surface area is 223 Å². The average molecular weight is 511 g/mol. The highest BCUT2D eigenvalue weighted by Gasteiger charge is 2.67. The fourth-order valence-electron chi connectivity index (χ4n) is 7.05. The van der Waals surface area contributed by atoms with Gasteiger partial charge < -0.3 is 14.8 Å². The molecule has 2 bridgehead atoms. The summed E-state index contributed by atoms with van der Waals surface area (Å²) in [6.45, 7) is 2.72. The molecule has 3 aromatic carbocycles. The molecule has 1 spiro atoms. The number of hydrogen-bond acceptors (Lipinski definition) is 5. The standard InChI is InChI=1S/C32H34N2O4/c35-29-17-26-16-27(29)32(22-38-31(36)33-32)30(26)28(21-37-20-25-14-8-3-9-15-25)34(18-23-10-4-1-5-11-23)19-24-12-6-2-7-13-24/h1-15,26-28,30H,16-22H2,(H,33,36)/t26-,27+,28+,30-,32-/m0/s1. The average Bonchev–Trinajstić information content (AvgIpc) is 3.60. The van der Waals surface area contributed by atoms with Crippen molar-refractivity contribution in [2.45, 2.75) is 44.1 Å². The first-order chi connectivity index (χ1) is 18.6. The highest BCUT2D eigenvalue weighted by Crippen LogP contribution is 2.56. The number of carbonyl (C=O) groups excluding carboxylic acids is 2. The van der Waals surface area contributed by atoms with Gasteiger partial charge in [-0.05, 0) is 29.0 Å². The van der Waals surface area contributed by atoms with E-state index in [0.29, 0.717) is 19.6 Å². The van der Waals surface area contributed by atoms with Crippen molar-refractivity contribution in [3.05, 3.63) is 108 Å². The van der Waals surface area contributed by atoms with Crippen LogP contribution in [0, 0.1) is 17.8 Å². The van der Waals surface area contributed by atoms with Crippen molar-refractivity contribution in [3.63, 3.8) is 0 Å². The van der Waals surface area contributed by atoms with Crippen LogP contribution in [0.25, 0.3) is 0 Å². The first-order valence-corrected chi connectivity index (χ1v) is 13.5. The summed E-state index contributed by atoms with van der Waals surface area (Å²) in [5, 5.41) is 3.15. The molecule has 6 heteroatoms. The number of carbonyl (C=O) groups is 2. The lowest BCUT2D eigenvalue weighted by Gasteiger charge is -2.46. The molecule has 6 nitrogen and oxygen atoms in total. The van der Waals surface area contributed by atoms with Gasteiger partial charge in [0.2, 0.25) is 0 Å². The van der Waals surface area contributed by atoms with E-state index in [1.807, 2.05) is 30.3 Å². The molecule has 6 rings (SSSR count). The van der Waals surface area contributed by atoms with Crippen molar-refractivity contribution in [1.82, 2.24) is 10.2 Å². The third kappa shape index (κ3) is 4.86. The predicted molar refractivity (Wildman–Crippen MR) is 144 cm³/mol. The largest absolute Gasteiger partial charge is 0.447 e. The van der Waals surface area contributed by atoms with Gasteiger partial charge in [0.1, 0.15) is 12.4 Å². The maximum atomic E-state index is 13.0. The summed E-state index contributed by atoms with van der Waals surface area (Å²) in [6, 6.07) is 31.1. The Morgan fingerprint density at radius 2 is 1.45 bits per heavy atom. The van der Waals surface area contributed by atoms with Crippen molar-refractivity contribution in [2.24, 2.45) is 17.8 Å². The van der Waals surface area contributed by atoms with Crippen LogP contribution in [0.2, 0.25) is 0 Å². The summed E-state index contributed by atoms with van der Waals surface area (Å²) in [4.78, 5) is 27.9. The molecule has 3 fully saturated rings. The number of rotatable bonds is 10. The quantitative estimate of drug-likeness (QED) is 0.417. The number of hydrogen-bond donors (Lipinski definition) is 1. The number of alkyl carbamates (subject to hydrolysis) is 1. The monoisotopic (exact) mass is 510 g/mol. The third-order valence-electron chi connectivity index (χ3n) is 8.63. The van der Waals surface area contributed by atoms with Crippen LogP contribution in [-0.4, -0.2) is 41.6 Å². The van der Waals surface area contributed by atoms with Gasteiger partial charge in [0, 0.05) is 37.4 Å². The Morgan fingerprint density at radius 1 is 0.868 bits per heavy atom. The minimum Gasteiger partial charge on any atom is -0.447 e. The number of amides is 1. The highest BCUT2D eigenvalue weighted by molar-refractivity contribution is 5.88. The van der Waals surface area contributed by atoms with E-state index in [4.69, 9.17) is 9.47 Å². The normalized spacial score (nSPS) is 26.6. The van der Waals surface area contributed by atoms with E-state index in [-0.39, 0.29) is 36.2 Å². The zero-order valence-electron chi connectivity index (χ0n) is 21.5. The van der Waals surface area contributed by atoms with Crippen molar-refractivity contribution < 1.29 is 19.1 Å². The molecule has 1 N–H and O–H groups in total. The second kappa shape index (κ2) is 10.7. The van der Waals surface area contributed by atoms with Crippen LogP contribution in [0.5, 0.6) is 0 Å². The molecular weight excluding hydrogens is 476 g/mol. The van der Waals surface area contributed by atoms with Crippen LogP contribution < -0.4 is 5.32 Å². The van der Waals surface area contributed by atoms with E-state index in [1.54, 1.807) is 0 Å². The van der Waals surface area contributed by atoms with Gasteiger partial charge in [-0.2, -0.15) is 0 Å². The Kier molecular flexibility index (Phi) is 7.00. The fourth-order valence-corrected chi connectivity index (χ4v) is 7.05. The lowest BCUT2D eigenvalue weighted by atomic mass is 9.69. The number of nitrogens with zero attached hydrogens (tertiary/aromatic N) is 1. The van der Waals surface area contributed by atoms with Crippen molar-refractivity contribution in [2.75, 3.05) is 13.2 Å². The number of fused-ring (bicyclic) bond motifs is 3. The summed E-state index contributed by atoms with van der Waals surface area (Å²) < 4.78 is 11.9. The molecule has 2 aliphatic carbocycles. The van der Waals surface area contributed by atoms with Crippen molar-refractivity contribution in [1.29, 1.82) is 0 Å². The van der Waals surface area contributed by atoms with Crippen molar-refractivity contribution in [3.8, 4) is 0 Å². The van der Waals surface area contributed by atoms with Crippen LogP contribution in [0.3, 0.4) is 0 Å². The summed E-state index contributed by atoms with van der Waals surface area (Å²) in [5.74, 6) is 0.281. The summed E-state index contributed by atoms with van der Waals surface area (Å²) in [5.41, 5.74) is 2.89. The lowest BCUT2D eigenvalue weighted by molar-refractivity contribution is -0.127. The zero-order valence-corrected chi connectivity index (χ0v) is 21.5. The van der Waals surface area contributed by atoms with Gasteiger partial charge in [-0.25, -0.2) is 4.79 Å². The topological polar surface area (TPSA) is 67.9 Å². The number of cyclic esters (lactones) is 1. The first kappa shape index (κ1) is 24.8. The van der Waals surface area contributed by atoms with Crippen LogP contribution in [-0.2, 0) is 34.0 Å². The fraction of sp³-hybridized carbons (Fsp3) is 0.375. The van der Waals surface area contributed by atoms with Gasteiger partial charge >= 0.3 is 6.09 Å². The molecular formula is C32H34N2O4. The molecule has 2 saturated carbocycles. The number of ether oxygens (including phenoxy) is 2. The number of ketones is 1. The van der Waals surface area contributed by atoms with Gasteiger partial charge in [0.05, 0.1) is 18.8 Å². The molecule has 0 radical (unpaired) electrons. The first-order valence-electron chi connectivity index (χ1n) is 13.5. The van der Waals surface area contributed by atoms with E-state index in [2.05, 4.69) is 70.9 Å². The third-order valence-corrected chi connectivity index (χ3v) is 8.63. The number of Topliss-reactive ketones (excluding diaryl/α,β-unsaturated/α-hetero) is 1. The molecule has 1 heterocycles. The van der Waals surface area contributed by atoms with E-state index in [0.717, 1.165) is 25.1 Å². The Morgan fingerprint density at radius 3 is 2.00 bits per heavy atom. The maximum Gasteiger partial charge on any atom is 0.407 e. The summed E-state index contributed by atoms with van der Waals surface area (Å²) in [7, 11) is 0. The van der Waals surface area contributed by atoms with E-state index in [1.165, 1.54) is 11.1 Å². The Bertz CT molecular complexity index is 1210. The summed E-state index contributed by atoms with van der Waals surface area (Å²) >= 11 is 0. The molecule has 0 aromatic heterocycles. The lowest BCUT2D eigenvalue weighted by Crippen LogP contribution is -2.63. The van der Waals surface area contributed by atoms with Crippen LogP contribution >= 0.6 is 0 Å². The van der Waals surface area contributed by atoms with E-state index >= 15 is 0 Å². The minimum absolute atomic E-state index is 0.0239. The zero-order chi connectivity index (χ0) is 26.0. The van der Waals surface area contributed by atoms with Crippen LogP contribution in [0.1, 0.15) is 29.5 Å². The molecule has 1 amide bonds. The number of benzene rings is 3. The van der Waals surface area contributed by atoms with Gasteiger partial charge in [0.25, 0.3) is 0 Å². The molecule has 5 atom stereocenters. The van der Waals surface area contributed by atoms with Crippen LogP contribution in [0.15, 0.2) is 91.0 Å². The van der Waals surface area contributed by atoms with Gasteiger partial charge in [0.15, 0.2) is 0 Å². The predicted octanol–water partition coefficient (Wildman–Crippen LogP) is 4.98. The Hall–Kier alpha value is -3.48. The minimum atomic E-state index is -0.677. The number of nitrogens with one attached hydrogen (secondary N) is 1. The summed E-state index contributed by atoms with van der Waals surface area (Å²) in [6.07, 6.45) is 0.941. The molecule has 1 saturated heterocycles. The molecule has 1 aliphatic heterocycles. The van der Waals surface area contributed by atoms with Crippen molar-refractivity contribution >= 4 is 11.9 Å².